The average molecular weight is 239 g/mol. The molecule has 1 rings (SSSR count). The Labute approximate surface area is 103 Å². The van der Waals surface area contributed by atoms with Crippen LogP contribution < -0.4 is 0 Å². The topological polar surface area (TPSA) is 52.4 Å². The average Bonchev–Trinajstić information content (AvgIpc) is 2.31. The van der Waals surface area contributed by atoms with Crippen LogP contribution in [0.5, 0.6) is 0 Å². The highest BCUT2D eigenvalue weighted by Crippen LogP contribution is 2.10. The van der Waals surface area contributed by atoms with E-state index in [-0.39, 0.29) is 5.69 Å². The molecule has 0 bridgehead atoms. The molecule has 0 aliphatic rings. The largest absolute Gasteiger partial charge is 0.381 e. The molecule has 4 heteroatoms. The Morgan fingerprint density at radius 3 is 1.94 bits per heavy atom. The van der Waals surface area contributed by atoms with Crippen LogP contribution in [0.4, 0.5) is 5.69 Å². The van der Waals surface area contributed by atoms with Crippen molar-refractivity contribution < 1.29 is 9.66 Å². The molecular formula is C13H21NO3. The van der Waals surface area contributed by atoms with Crippen molar-refractivity contribution in [2.24, 2.45) is 0 Å². The van der Waals surface area contributed by atoms with Crippen LogP contribution in [0.25, 0.3) is 0 Å². The Kier molecular flexibility index (Phi) is 8.96. The van der Waals surface area contributed by atoms with Gasteiger partial charge < -0.3 is 4.74 Å². The van der Waals surface area contributed by atoms with E-state index in [9.17, 15) is 10.1 Å². The van der Waals surface area contributed by atoms with Gasteiger partial charge in [0, 0.05) is 25.3 Å². The van der Waals surface area contributed by atoms with Gasteiger partial charge in [0.05, 0.1) is 4.92 Å². The minimum Gasteiger partial charge on any atom is -0.381 e. The number of hydrogen-bond acceptors (Lipinski definition) is 3. The third kappa shape index (κ3) is 8.39. The van der Waals surface area contributed by atoms with E-state index < -0.39 is 4.92 Å². The second-order valence-corrected chi connectivity index (χ2v) is 3.71. The summed E-state index contributed by atoms with van der Waals surface area (Å²) >= 11 is 0. The van der Waals surface area contributed by atoms with Crippen molar-refractivity contribution in [1.82, 2.24) is 0 Å². The van der Waals surface area contributed by atoms with Crippen LogP contribution in [-0.2, 0) is 4.74 Å². The zero-order chi connectivity index (χ0) is 13.1. The van der Waals surface area contributed by atoms with Crippen molar-refractivity contribution in [1.29, 1.82) is 0 Å². The summed E-state index contributed by atoms with van der Waals surface area (Å²) in [6, 6.07) is 6.43. The van der Waals surface area contributed by atoms with E-state index in [2.05, 4.69) is 13.8 Å². The summed E-state index contributed by atoms with van der Waals surface area (Å²) < 4.78 is 5.13. The molecule has 17 heavy (non-hydrogen) atoms. The summed E-state index contributed by atoms with van der Waals surface area (Å²) in [5.41, 5.74) is 1.18. The summed E-state index contributed by atoms with van der Waals surface area (Å²) in [4.78, 5) is 9.71. The molecule has 1 aromatic carbocycles. The molecule has 0 N–H and O–H groups in total. The van der Waals surface area contributed by atoms with Crippen molar-refractivity contribution in [3.8, 4) is 0 Å². The van der Waals surface area contributed by atoms with Crippen molar-refractivity contribution in [3.05, 3.63) is 39.9 Å². The highest BCUT2D eigenvalue weighted by atomic mass is 16.6. The lowest BCUT2D eigenvalue weighted by Gasteiger charge is -1.95. The maximum absolute atomic E-state index is 10.1. The van der Waals surface area contributed by atoms with E-state index in [0.717, 1.165) is 31.6 Å². The number of nitro groups is 1. The highest BCUT2D eigenvalue weighted by molar-refractivity contribution is 5.31. The first kappa shape index (κ1) is 15.6. The number of rotatable bonds is 5. The number of hydrogen-bond donors (Lipinski definition) is 0. The van der Waals surface area contributed by atoms with Crippen LogP contribution >= 0.6 is 0 Å². The minimum atomic E-state index is -0.403. The predicted molar refractivity (Wildman–Crippen MR) is 69.2 cm³/mol. The first-order chi connectivity index (χ1) is 8.11. The van der Waals surface area contributed by atoms with Crippen LogP contribution in [0, 0.1) is 17.0 Å². The van der Waals surface area contributed by atoms with E-state index in [1.807, 2.05) is 6.92 Å². The Balaban J connectivity index is 0.000000325. The highest BCUT2D eigenvalue weighted by Gasteiger charge is 2.00. The van der Waals surface area contributed by atoms with Crippen molar-refractivity contribution in [2.75, 3.05) is 13.2 Å². The molecular weight excluding hydrogens is 218 g/mol. The molecule has 0 unspecified atom stereocenters. The van der Waals surface area contributed by atoms with E-state index in [4.69, 9.17) is 4.74 Å². The summed E-state index contributed by atoms with van der Waals surface area (Å²) in [6.45, 7) is 7.98. The molecule has 96 valence electrons. The molecule has 0 aromatic heterocycles. The van der Waals surface area contributed by atoms with Gasteiger partial charge in [0.25, 0.3) is 5.69 Å². The molecule has 0 atom stereocenters. The Hall–Kier alpha value is -1.42. The van der Waals surface area contributed by atoms with Gasteiger partial charge in [0.2, 0.25) is 0 Å². The zero-order valence-corrected chi connectivity index (χ0v) is 10.8. The maximum Gasteiger partial charge on any atom is 0.269 e. The number of aryl methyl sites for hydroxylation is 1. The lowest BCUT2D eigenvalue weighted by Crippen LogP contribution is -1.92. The van der Waals surface area contributed by atoms with E-state index >= 15 is 0 Å². The Morgan fingerprint density at radius 1 is 1.12 bits per heavy atom. The minimum absolute atomic E-state index is 0.144. The van der Waals surface area contributed by atoms with Gasteiger partial charge in [-0.05, 0) is 19.8 Å². The number of non-ortho nitro benzene ring substituents is 1. The van der Waals surface area contributed by atoms with Crippen LogP contribution in [0.3, 0.4) is 0 Å². The molecule has 0 saturated carbocycles. The molecule has 0 heterocycles. The summed E-state index contributed by atoms with van der Waals surface area (Å²) in [5, 5.41) is 10.1. The van der Waals surface area contributed by atoms with Crippen LogP contribution in [0.2, 0.25) is 0 Å². The second kappa shape index (κ2) is 9.78. The SMILES string of the molecule is CCCOCCC.Cc1ccc([N+](=O)[O-])cc1. The summed E-state index contributed by atoms with van der Waals surface area (Å²) in [6.07, 6.45) is 2.28. The first-order valence-corrected chi connectivity index (χ1v) is 5.90. The second-order valence-electron chi connectivity index (χ2n) is 3.71. The fraction of sp³-hybridized carbons (Fsp3) is 0.538. The fourth-order valence-electron chi connectivity index (χ4n) is 1.06. The van der Waals surface area contributed by atoms with Gasteiger partial charge in [-0.2, -0.15) is 0 Å². The van der Waals surface area contributed by atoms with Crippen LogP contribution in [-0.4, -0.2) is 18.1 Å². The lowest BCUT2D eigenvalue weighted by atomic mass is 10.2. The third-order valence-electron chi connectivity index (χ3n) is 1.94. The van der Waals surface area contributed by atoms with Crippen LogP contribution in [0.15, 0.2) is 24.3 Å². The molecule has 0 aliphatic carbocycles. The normalized spacial score (nSPS) is 9.35. The number of nitro benzene ring substituents is 1. The quantitative estimate of drug-likeness (QED) is 0.447. The van der Waals surface area contributed by atoms with Crippen LogP contribution in [0.1, 0.15) is 32.3 Å². The van der Waals surface area contributed by atoms with Gasteiger partial charge in [-0.15, -0.1) is 0 Å². The van der Waals surface area contributed by atoms with Gasteiger partial charge in [-0.3, -0.25) is 10.1 Å². The zero-order valence-electron chi connectivity index (χ0n) is 10.8. The van der Waals surface area contributed by atoms with Gasteiger partial charge in [-0.25, -0.2) is 0 Å². The Bertz CT molecular complexity index is 305. The van der Waals surface area contributed by atoms with Crippen molar-refractivity contribution in [2.45, 2.75) is 33.6 Å². The Morgan fingerprint density at radius 2 is 1.59 bits per heavy atom. The van der Waals surface area contributed by atoms with Gasteiger partial charge >= 0.3 is 0 Å². The predicted octanol–water partition coefficient (Wildman–Crippen LogP) is 3.73. The van der Waals surface area contributed by atoms with Gasteiger partial charge in [0.15, 0.2) is 0 Å². The third-order valence-corrected chi connectivity index (χ3v) is 1.94. The maximum atomic E-state index is 10.1. The fourth-order valence-corrected chi connectivity index (χ4v) is 1.06. The molecule has 0 saturated heterocycles. The van der Waals surface area contributed by atoms with E-state index in [1.54, 1.807) is 12.1 Å². The number of benzene rings is 1. The molecule has 1 aromatic rings. The lowest BCUT2D eigenvalue weighted by molar-refractivity contribution is -0.384. The molecule has 0 spiro atoms. The number of ether oxygens (including phenoxy) is 1. The van der Waals surface area contributed by atoms with Crippen molar-refractivity contribution in [3.63, 3.8) is 0 Å². The monoisotopic (exact) mass is 239 g/mol. The molecule has 0 fully saturated rings. The molecule has 4 nitrogen and oxygen atoms in total. The van der Waals surface area contributed by atoms with Gasteiger partial charge in [-0.1, -0.05) is 31.5 Å². The standard InChI is InChI=1S/C7H7NO2.C6H14O/c1-6-2-4-7(5-3-6)8(9)10;1-3-5-7-6-4-2/h2-5H,1H3;3-6H2,1-2H3. The first-order valence-electron chi connectivity index (χ1n) is 5.90. The smallest absolute Gasteiger partial charge is 0.269 e. The van der Waals surface area contributed by atoms with E-state index in [0.29, 0.717) is 0 Å². The molecule has 0 aliphatic heterocycles. The van der Waals surface area contributed by atoms with Crippen molar-refractivity contribution >= 4 is 5.69 Å². The van der Waals surface area contributed by atoms with Gasteiger partial charge in [0.1, 0.15) is 0 Å². The molecule has 0 radical (unpaired) electrons. The summed E-state index contributed by atoms with van der Waals surface area (Å²) in [7, 11) is 0. The summed E-state index contributed by atoms with van der Waals surface area (Å²) in [5.74, 6) is 0. The molecule has 0 amide bonds. The van der Waals surface area contributed by atoms with E-state index in [1.165, 1.54) is 12.1 Å². The number of nitrogens with zero attached hydrogens (tertiary/aromatic N) is 1.